The van der Waals surface area contributed by atoms with E-state index in [-0.39, 0.29) is 0 Å². The largest absolute Gasteiger partial charge is 0.489 e. The lowest BCUT2D eigenvalue weighted by Gasteiger charge is -2.11. The van der Waals surface area contributed by atoms with Gasteiger partial charge in [-0.2, -0.15) is 5.10 Å². The molecule has 0 aliphatic rings. The third-order valence-electron chi connectivity index (χ3n) is 3.87. The van der Waals surface area contributed by atoms with Crippen molar-refractivity contribution in [2.45, 2.75) is 32.9 Å². The van der Waals surface area contributed by atoms with Gasteiger partial charge in [0.2, 0.25) is 4.77 Å². The maximum Gasteiger partial charge on any atom is 0.214 e. The Balaban J connectivity index is 1.61. The summed E-state index contributed by atoms with van der Waals surface area (Å²) in [5.74, 6) is 1.73. The topological polar surface area (TPSA) is 54.9 Å². The first kappa shape index (κ1) is 18.5. The number of halogens is 1. The first-order valence-corrected chi connectivity index (χ1v) is 9.30. The van der Waals surface area contributed by atoms with E-state index in [1.807, 2.05) is 53.2 Å². The van der Waals surface area contributed by atoms with Crippen molar-refractivity contribution in [2.24, 2.45) is 0 Å². The van der Waals surface area contributed by atoms with Crippen LogP contribution in [0.3, 0.4) is 0 Å². The standard InChI is InChI=1S/C19H21ClN4OS/c1-2-4-18-22-23-19(26)24(18)21-12-15-5-3-6-17(11-15)25-13-14-7-9-16(20)10-8-14/h3,5-11,21H,2,4,12-13H2,1H3,(H,23,26). The predicted octanol–water partition coefficient (Wildman–Crippen LogP) is 4.87. The van der Waals surface area contributed by atoms with Gasteiger partial charge in [0, 0.05) is 11.4 Å². The molecule has 0 aliphatic heterocycles. The summed E-state index contributed by atoms with van der Waals surface area (Å²) in [7, 11) is 0. The molecular weight excluding hydrogens is 368 g/mol. The highest BCUT2D eigenvalue weighted by Crippen LogP contribution is 2.17. The summed E-state index contributed by atoms with van der Waals surface area (Å²) in [4.78, 5) is 0. The quantitative estimate of drug-likeness (QED) is 0.540. The number of H-pyrrole nitrogens is 1. The van der Waals surface area contributed by atoms with Gasteiger partial charge in [-0.15, -0.1) is 0 Å². The minimum atomic E-state index is 0.501. The molecule has 1 heterocycles. The monoisotopic (exact) mass is 388 g/mol. The summed E-state index contributed by atoms with van der Waals surface area (Å²) in [6.07, 6.45) is 1.87. The zero-order chi connectivity index (χ0) is 18.4. The Bertz CT molecular complexity index is 904. The molecule has 0 fully saturated rings. The van der Waals surface area contributed by atoms with Crippen LogP contribution in [0.5, 0.6) is 5.75 Å². The smallest absolute Gasteiger partial charge is 0.214 e. The van der Waals surface area contributed by atoms with Crippen molar-refractivity contribution in [3.8, 4) is 5.75 Å². The summed E-state index contributed by atoms with van der Waals surface area (Å²) in [6, 6.07) is 15.7. The SMILES string of the molecule is CCCc1n[nH]c(=S)n1NCc1cccc(OCc2ccc(Cl)cc2)c1. The van der Waals surface area contributed by atoms with E-state index in [4.69, 9.17) is 28.6 Å². The first-order valence-electron chi connectivity index (χ1n) is 8.52. The van der Waals surface area contributed by atoms with Crippen molar-refractivity contribution in [1.29, 1.82) is 0 Å². The van der Waals surface area contributed by atoms with Gasteiger partial charge in [-0.3, -0.25) is 5.10 Å². The molecule has 2 N–H and O–H groups in total. The molecule has 0 bridgehead atoms. The van der Waals surface area contributed by atoms with E-state index in [1.54, 1.807) is 0 Å². The van der Waals surface area contributed by atoms with Crippen LogP contribution >= 0.6 is 23.8 Å². The van der Waals surface area contributed by atoms with Crippen molar-refractivity contribution in [3.63, 3.8) is 0 Å². The van der Waals surface area contributed by atoms with Gasteiger partial charge in [-0.05, 0) is 54.0 Å². The van der Waals surface area contributed by atoms with Crippen LogP contribution in [0.1, 0.15) is 30.3 Å². The third-order valence-corrected chi connectivity index (χ3v) is 4.40. The van der Waals surface area contributed by atoms with Crippen LogP contribution in [0.15, 0.2) is 48.5 Å². The first-order chi connectivity index (χ1) is 12.7. The molecular formula is C19H21ClN4OS. The average molecular weight is 389 g/mol. The minimum absolute atomic E-state index is 0.501. The highest BCUT2D eigenvalue weighted by Gasteiger charge is 2.05. The van der Waals surface area contributed by atoms with E-state index in [1.165, 1.54) is 0 Å². The maximum atomic E-state index is 5.90. The molecule has 3 aromatic rings. The average Bonchev–Trinajstić information content (AvgIpc) is 3.00. The van der Waals surface area contributed by atoms with Gasteiger partial charge >= 0.3 is 0 Å². The van der Waals surface area contributed by atoms with E-state index < -0.39 is 0 Å². The van der Waals surface area contributed by atoms with E-state index in [0.717, 1.165) is 40.6 Å². The second-order valence-electron chi connectivity index (χ2n) is 5.93. The highest BCUT2D eigenvalue weighted by molar-refractivity contribution is 7.71. The van der Waals surface area contributed by atoms with Gasteiger partial charge in [-0.25, -0.2) is 4.68 Å². The Morgan fingerprint density at radius 3 is 2.77 bits per heavy atom. The fraction of sp³-hybridized carbons (Fsp3) is 0.263. The number of ether oxygens (including phenoxy) is 1. The van der Waals surface area contributed by atoms with E-state index in [0.29, 0.717) is 17.9 Å². The number of nitrogens with zero attached hydrogens (tertiary/aromatic N) is 2. The van der Waals surface area contributed by atoms with Crippen molar-refractivity contribution < 1.29 is 4.74 Å². The van der Waals surface area contributed by atoms with Crippen LogP contribution in [-0.2, 0) is 19.6 Å². The normalized spacial score (nSPS) is 10.7. The fourth-order valence-electron chi connectivity index (χ4n) is 2.55. The van der Waals surface area contributed by atoms with Crippen molar-refractivity contribution in [3.05, 3.63) is 75.3 Å². The molecule has 0 saturated carbocycles. The molecule has 0 radical (unpaired) electrons. The Kier molecular flexibility index (Phi) is 6.30. The Morgan fingerprint density at radius 1 is 1.19 bits per heavy atom. The van der Waals surface area contributed by atoms with Crippen molar-refractivity contribution >= 4 is 23.8 Å². The molecule has 0 amide bonds. The molecule has 5 nitrogen and oxygen atoms in total. The van der Waals surface area contributed by atoms with Gasteiger partial charge in [0.15, 0.2) is 5.82 Å². The lowest BCUT2D eigenvalue weighted by molar-refractivity contribution is 0.306. The molecule has 1 aromatic heterocycles. The van der Waals surface area contributed by atoms with Gasteiger partial charge in [-0.1, -0.05) is 42.8 Å². The number of nitrogens with one attached hydrogen (secondary N) is 2. The van der Waals surface area contributed by atoms with Crippen LogP contribution in [0, 0.1) is 4.77 Å². The van der Waals surface area contributed by atoms with Crippen molar-refractivity contribution in [2.75, 3.05) is 5.43 Å². The number of rotatable bonds is 8. The number of aryl methyl sites for hydroxylation is 1. The molecule has 2 aromatic carbocycles. The van der Waals surface area contributed by atoms with Crippen LogP contribution in [0.25, 0.3) is 0 Å². The Morgan fingerprint density at radius 2 is 2.00 bits per heavy atom. The van der Waals surface area contributed by atoms with Crippen LogP contribution in [0.2, 0.25) is 5.02 Å². The zero-order valence-electron chi connectivity index (χ0n) is 14.5. The molecule has 0 spiro atoms. The third kappa shape index (κ3) is 4.86. The molecule has 0 aliphatic carbocycles. The van der Waals surface area contributed by atoms with E-state index in [2.05, 4.69) is 22.5 Å². The molecule has 0 unspecified atom stereocenters. The molecule has 26 heavy (non-hydrogen) atoms. The summed E-state index contributed by atoms with van der Waals surface area (Å²) in [5.41, 5.74) is 5.50. The molecule has 0 saturated heterocycles. The Hall–Kier alpha value is -2.31. The van der Waals surface area contributed by atoms with Crippen LogP contribution in [0.4, 0.5) is 0 Å². The second kappa shape index (κ2) is 8.87. The minimum Gasteiger partial charge on any atom is -0.489 e. The second-order valence-corrected chi connectivity index (χ2v) is 6.75. The van der Waals surface area contributed by atoms with Gasteiger partial charge in [0.25, 0.3) is 0 Å². The number of hydrogen-bond donors (Lipinski definition) is 2. The van der Waals surface area contributed by atoms with Crippen molar-refractivity contribution in [1.82, 2.24) is 14.9 Å². The Labute approximate surface area is 162 Å². The van der Waals surface area contributed by atoms with E-state index >= 15 is 0 Å². The summed E-state index contributed by atoms with van der Waals surface area (Å²) < 4.78 is 8.29. The fourth-order valence-corrected chi connectivity index (χ4v) is 2.89. The molecule has 136 valence electrons. The molecule has 0 atom stereocenters. The summed E-state index contributed by atoms with van der Waals surface area (Å²) in [5, 5.41) is 7.81. The van der Waals surface area contributed by atoms with Crippen LogP contribution < -0.4 is 10.2 Å². The number of aromatic amines is 1. The number of benzene rings is 2. The maximum absolute atomic E-state index is 5.90. The highest BCUT2D eigenvalue weighted by atomic mass is 35.5. The molecule has 3 rings (SSSR count). The van der Waals surface area contributed by atoms with Gasteiger partial charge in [0.05, 0.1) is 6.54 Å². The number of aromatic nitrogens is 3. The lowest BCUT2D eigenvalue weighted by atomic mass is 10.2. The van der Waals surface area contributed by atoms with Crippen LogP contribution in [-0.4, -0.2) is 14.9 Å². The van der Waals surface area contributed by atoms with Gasteiger partial charge < -0.3 is 10.2 Å². The molecule has 7 heteroatoms. The van der Waals surface area contributed by atoms with Gasteiger partial charge in [0.1, 0.15) is 12.4 Å². The predicted molar refractivity (Wildman–Crippen MR) is 107 cm³/mol. The lowest BCUT2D eigenvalue weighted by Crippen LogP contribution is -2.17. The number of hydrogen-bond acceptors (Lipinski definition) is 4. The zero-order valence-corrected chi connectivity index (χ0v) is 16.1. The summed E-state index contributed by atoms with van der Waals surface area (Å²) in [6.45, 7) is 3.24. The summed E-state index contributed by atoms with van der Waals surface area (Å²) >= 11 is 11.2. The van der Waals surface area contributed by atoms with E-state index in [9.17, 15) is 0 Å².